The Morgan fingerprint density at radius 1 is 1.31 bits per heavy atom. The molecule has 2 atom stereocenters. The van der Waals surface area contributed by atoms with Crippen LogP contribution in [0.15, 0.2) is 0 Å². The molecule has 0 aliphatic carbocycles. The molecule has 1 amide bonds. The van der Waals surface area contributed by atoms with Crippen molar-refractivity contribution in [1.29, 1.82) is 0 Å². The number of piperazine rings is 1. The third-order valence-electron chi connectivity index (χ3n) is 2.49. The van der Waals surface area contributed by atoms with E-state index in [-0.39, 0.29) is 32.8 Å². The number of nitrogens with zero attached hydrogens (tertiary/aromatic N) is 1. The van der Waals surface area contributed by atoms with Gasteiger partial charge in [0.2, 0.25) is 0 Å². The second kappa shape index (κ2) is 5.16. The maximum atomic E-state index is 10.6. The average molecular weight is 299 g/mol. The zero-order valence-corrected chi connectivity index (χ0v) is 9.38. The molecule has 0 aromatic heterocycles. The van der Waals surface area contributed by atoms with Crippen LogP contribution in [-0.2, 0) is 20.4 Å². The van der Waals surface area contributed by atoms with Crippen molar-refractivity contribution >= 4 is 18.5 Å². The molecule has 2 unspecified atom stereocenters. The molecular weight excluding hydrogens is 286 g/mol. The second-order valence-corrected chi connectivity index (χ2v) is 3.33. The van der Waals surface area contributed by atoms with Crippen LogP contribution in [0.3, 0.4) is 0 Å². The summed E-state index contributed by atoms with van der Waals surface area (Å²) in [6, 6.07) is 0.842. The maximum absolute atomic E-state index is 10.6. The number of halogens is 1. The van der Waals surface area contributed by atoms with E-state index in [1.54, 1.807) is 0 Å². The first-order valence-corrected chi connectivity index (χ1v) is 3.99. The summed E-state index contributed by atoms with van der Waals surface area (Å²) in [5, 5.41) is 12.1. The molecule has 2 N–H and O–H groups in total. The number of carboxylic acid groups (broad SMARTS) is 1. The van der Waals surface area contributed by atoms with Crippen LogP contribution in [0.25, 0.3) is 0 Å². The van der Waals surface area contributed by atoms with Crippen molar-refractivity contribution < 1.29 is 30.3 Å². The largest absolute Gasteiger partial charge is 0.465 e. The Balaban J connectivity index is 0.000000720. The molecule has 2 bridgehead atoms. The van der Waals surface area contributed by atoms with Gasteiger partial charge in [0.15, 0.2) is 0 Å². The van der Waals surface area contributed by atoms with Gasteiger partial charge in [-0.3, -0.25) is 0 Å². The van der Waals surface area contributed by atoms with Crippen molar-refractivity contribution in [3.63, 3.8) is 0 Å². The molecule has 0 radical (unpaired) electrons. The first kappa shape index (κ1) is 13.2. The van der Waals surface area contributed by atoms with Crippen LogP contribution in [0, 0.1) is 0 Å². The average Bonchev–Trinajstić information content (AvgIpc) is 2.30. The predicted octanol–water partition coefficient (Wildman–Crippen LogP) is 0.520. The fourth-order valence-electron chi connectivity index (χ4n) is 1.95. The first-order chi connectivity index (χ1) is 5.25. The van der Waals surface area contributed by atoms with Gasteiger partial charge in [0.25, 0.3) is 0 Å². The van der Waals surface area contributed by atoms with Crippen molar-refractivity contribution in [2.45, 2.75) is 24.9 Å². The molecule has 2 aliphatic rings. The Morgan fingerprint density at radius 2 is 1.77 bits per heavy atom. The van der Waals surface area contributed by atoms with E-state index in [0.29, 0.717) is 25.2 Å². The van der Waals surface area contributed by atoms with Gasteiger partial charge < -0.3 is 15.3 Å². The fourth-order valence-corrected chi connectivity index (χ4v) is 1.95. The molecule has 2 rings (SSSR count). The fraction of sp³-hybridized carbons (Fsp3) is 0.857. The van der Waals surface area contributed by atoms with E-state index in [1.165, 1.54) is 4.90 Å². The first-order valence-electron chi connectivity index (χ1n) is 3.99. The van der Waals surface area contributed by atoms with Crippen molar-refractivity contribution in [3.05, 3.63) is 0 Å². The summed E-state index contributed by atoms with van der Waals surface area (Å²) in [6.45, 7) is 1.34. The zero-order chi connectivity index (χ0) is 7.84. The van der Waals surface area contributed by atoms with Gasteiger partial charge in [-0.25, -0.2) is 4.79 Å². The summed E-state index contributed by atoms with van der Waals surface area (Å²) in [7, 11) is 0. The van der Waals surface area contributed by atoms with Gasteiger partial charge in [0.05, 0.1) is 0 Å². The molecule has 4 nitrogen and oxygen atoms in total. The summed E-state index contributed by atoms with van der Waals surface area (Å²) in [5.74, 6) is 0. The molecule has 13 heavy (non-hydrogen) atoms. The van der Waals surface area contributed by atoms with Gasteiger partial charge in [0, 0.05) is 45.6 Å². The zero-order valence-electron chi connectivity index (χ0n) is 7.01. The summed E-state index contributed by atoms with van der Waals surface area (Å²) in [5.41, 5.74) is 0. The van der Waals surface area contributed by atoms with E-state index in [1.807, 2.05) is 0 Å². The van der Waals surface area contributed by atoms with Gasteiger partial charge in [0.1, 0.15) is 0 Å². The number of hydrogen-bond acceptors (Lipinski definition) is 2. The number of rotatable bonds is 0. The third kappa shape index (κ3) is 2.81. The molecule has 0 aromatic carbocycles. The van der Waals surface area contributed by atoms with Crippen LogP contribution in [0.5, 0.6) is 0 Å². The normalized spacial score (nSPS) is 30.3. The smallest absolute Gasteiger partial charge is 0.407 e. The maximum Gasteiger partial charge on any atom is 0.407 e. The monoisotopic (exact) mass is 298 g/mol. The Labute approximate surface area is 97.1 Å². The van der Waals surface area contributed by atoms with Crippen molar-refractivity contribution in [2.24, 2.45) is 0 Å². The molecule has 0 spiro atoms. The van der Waals surface area contributed by atoms with Crippen LogP contribution in [0.2, 0.25) is 0 Å². The summed E-state index contributed by atoms with van der Waals surface area (Å²) in [6.07, 6.45) is 1.49. The Morgan fingerprint density at radius 3 is 2.15 bits per heavy atom. The van der Waals surface area contributed by atoms with Crippen molar-refractivity contribution in [1.82, 2.24) is 10.2 Å². The van der Waals surface area contributed by atoms with Crippen LogP contribution >= 0.6 is 12.4 Å². The van der Waals surface area contributed by atoms with E-state index < -0.39 is 6.09 Å². The van der Waals surface area contributed by atoms with Gasteiger partial charge >= 0.3 is 6.09 Å². The minimum Gasteiger partial charge on any atom is -0.465 e. The molecule has 2 heterocycles. The standard InChI is InChI=1S/C7H12N2O2.ClH.Pd/c10-7(11)9-3-5-1-2-6(4-9)8-5;;/h5-6,8H,1-4H2,(H,10,11);1H;. The van der Waals surface area contributed by atoms with E-state index in [2.05, 4.69) is 5.32 Å². The molecule has 6 heteroatoms. The Kier molecular flexibility index (Phi) is 5.23. The van der Waals surface area contributed by atoms with Gasteiger partial charge in [-0.1, -0.05) is 0 Å². The Bertz CT molecular complexity index is 181. The van der Waals surface area contributed by atoms with Crippen LogP contribution in [0.1, 0.15) is 12.8 Å². The molecular formula is C7H13ClN2O2Pd. The van der Waals surface area contributed by atoms with Gasteiger partial charge in [-0.05, 0) is 12.8 Å². The molecule has 2 fully saturated rings. The molecule has 2 saturated heterocycles. The van der Waals surface area contributed by atoms with E-state index in [9.17, 15) is 4.79 Å². The minimum absolute atomic E-state index is 0. The number of fused-ring (bicyclic) bond motifs is 2. The van der Waals surface area contributed by atoms with Crippen LogP contribution in [-0.4, -0.2) is 41.3 Å². The number of carbonyl (C=O) groups is 1. The van der Waals surface area contributed by atoms with Crippen molar-refractivity contribution in [2.75, 3.05) is 13.1 Å². The number of likely N-dealkylation sites (tertiary alicyclic amines) is 1. The van der Waals surface area contributed by atoms with Gasteiger partial charge in [-0.2, -0.15) is 0 Å². The molecule has 80 valence electrons. The Hall–Kier alpha value is 0.182. The summed E-state index contributed by atoms with van der Waals surface area (Å²) in [4.78, 5) is 12.1. The quantitative estimate of drug-likeness (QED) is 0.641. The SMILES string of the molecule is Cl.O=C(O)N1CC2CCC(C1)N2.[Pd]. The summed E-state index contributed by atoms with van der Waals surface area (Å²) >= 11 is 0. The predicted molar refractivity (Wildman–Crippen MR) is 46.8 cm³/mol. The third-order valence-corrected chi connectivity index (χ3v) is 2.49. The van der Waals surface area contributed by atoms with Crippen LogP contribution in [0.4, 0.5) is 4.79 Å². The molecule has 0 aromatic rings. The number of nitrogens with one attached hydrogen (secondary N) is 1. The topological polar surface area (TPSA) is 52.6 Å². The van der Waals surface area contributed by atoms with Gasteiger partial charge in [-0.15, -0.1) is 12.4 Å². The number of amides is 1. The number of hydrogen-bond donors (Lipinski definition) is 2. The van der Waals surface area contributed by atoms with Crippen molar-refractivity contribution in [3.8, 4) is 0 Å². The van der Waals surface area contributed by atoms with E-state index in [0.717, 1.165) is 12.8 Å². The van der Waals surface area contributed by atoms with Crippen LogP contribution < -0.4 is 5.32 Å². The molecule has 0 saturated carbocycles. The second-order valence-electron chi connectivity index (χ2n) is 3.33. The summed E-state index contributed by atoms with van der Waals surface area (Å²) < 4.78 is 0. The van der Waals surface area contributed by atoms with E-state index >= 15 is 0 Å². The molecule has 2 aliphatic heterocycles. The van der Waals surface area contributed by atoms with E-state index in [4.69, 9.17) is 5.11 Å². The minimum atomic E-state index is -0.775.